The second-order valence-electron chi connectivity index (χ2n) is 3.32. The summed E-state index contributed by atoms with van der Waals surface area (Å²) in [6, 6.07) is 0. The molecule has 0 N–H and O–H groups in total. The Bertz CT molecular complexity index is 536. The highest BCUT2D eigenvalue weighted by atomic mass is 16.5. The van der Waals surface area contributed by atoms with E-state index in [0.29, 0.717) is 5.82 Å². The minimum absolute atomic E-state index is 0.181. The minimum atomic E-state index is -0.502. The molecule has 6 nitrogen and oxygen atoms in total. The average molecular weight is 232 g/mol. The van der Waals surface area contributed by atoms with Gasteiger partial charge in [0.25, 0.3) is 0 Å². The molecule has 2 aromatic heterocycles. The van der Waals surface area contributed by atoms with Gasteiger partial charge < -0.3 is 4.74 Å². The van der Waals surface area contributed by atoms with Crippen molar-refractivity contribution in [1.82, 2.24) is 19.5 Å². The van der Waals surface area contributed by atoms with Crippen LogP contribution in [0.1, 0.15) is 23.2 Å². The Morgan fingerprint density at radius 1 is 1.47 bits per heavy atom. The SMILES string of the molecule is CCc1nccn1-c1cncc(C(=O)OC)n1. The lowest BCUT2D eigenvalue weighted by Crippen LogP contribution is -2.09. The van der Waals surface area contributed by atoms with Crippen LogP contribution < -0.4 is 0 Å². The summed E-state index contributed by atoms with van der Waals surface area (Å²) in [4.78, 5) is 23.7. The van der Waals surface area contributed by atoms with E-state index in [1.807, 2.05) is 6.92 Å². The number of esters is 1. The van der Waals surface area contributed by atoms with Crippen LogP contribution in [0, 0.1) is 0 Å². The summed E-state index contributed by atoms with van der Waals surface area (Å²) >= 11 is 0. The molecule has 0 bridgehead atoms. The lowest BCUT2D eigenvalue weighted by Gasteiger charge is -2.05. The lowest BCUT2D eigenvalue weighted by molar-refractivity contribution is 0.0593. The molecule has 0 atom stereocenters. The molecule has 2 heterocycles. The standard InChI is InChI=1S/C11H12N4O2/c1-3-9-13-4-5-15(9)10-7-12-6-8(14-10)11(16)17-2/h4-7H,3H2,1-2H3. The van der Waals surface area contributed by atoms with Crippen molar-refractivity contribution >= 4 is 5.97 Å². The largest absolute Gasteiger partial charge is 0.464 e. The molecular weight excluding hydrogens is 220 g/mol. The molecule has 0 saturated heterocycles. The Kier molecular flexibility index (Phi) is 3.13. The molecule has 2 rings (SSSR count). The van der Waals surface area contributed by atoms with Crippen molar-refractivity contribution in [2.75, 3.05) is 7.11 Å². The number of rotatable bonds is 3. The normalized spacial score (nSPS) is 10.2. The minimum Gasteiger partial charge on any atom is -0.464 e. The first-order chi connectivity index (χ1) is 8.26. The molecule has 0 radical (unpaired) electrons. The number of hydrogen-bond donors (Lipinski definition) is 0. The summed E-state index contributed by atoms with van der Waals surface area (Å²) in [7, 11) is 1.31. The summed E-state index contributed by atoms with van der Waals surface area (Å²) in [5.74, 6) is 0.918. The number of ether oxygens (including phenoxy) is 1. The van der Waals surface area contributed by atoms with E-state index in [1.54, 1.807) is 23.2 Å². The van der Waals surface area contributed by atoms with E-state index in [1.165, 1.54) is 13.3 Å². The van der Waals surface area contributed by atoms with Crippen LogP contribution >= 0.6 is 0 Å². The summed E-state index contributed by atoms with van der Waals surface area (Å²) in [5, 5.41) is 0. The average Bonchev–Trinajstić information content (AvgIpc) is 2.86. The number of carbonyl (C=O) groups excluding carboxylic acids is 1. The maximum atomic E-state index is 11.3. The summed E-state index contributed by atoms with van der Waals surface area (Å²) < 4.78 is 6.39. The first kappa shape index (κ1) is 11.3. The van der Waals surface area contributed by atoms with Crippen LogP contribution in [0.25, 0.3) is 5.82 Å². The van der Waals surface area contributed by atoms with E-state index < -0.39 is 5.97 Å². The molecule has 2 aromatic rings. The summed E-state index contributed by atoms with van der Waals surface area (Å²) in [6.07, 6.45) is 7.19. The third-order valence-electron chi connectivity index (χ3n) is 2.30. The van der Waals surface area contributed by atoms with E-state index in [9.17, 15) is 4.79 Å². The smallest absolute Gasteiger partial charge is 0.358 e. The Balaban J connectivity index is 2.43. The highest BCUT2D eigenvalue weighted by Crippen LogP contribution is 2.08. The number of aryl methyl sites for hydroxylation is 1. The number of nitrogens with zero attached hydrogens (tertiary/aromatic N) is 4. The van der Waals surface area contributed by atoms with Crippen molar-refractivity contribution in [2.45, 2.75) is 13.3 Å². The van der Waals surface area contributed by atoms with Crippen molar-refractivity contribution in [2.24, 2.45) is 0 Å². The first-order valence-electron chi connectivity index (χ1n) is 5.19. The molecule has 0 aromatic carbocycles. The zero-order chi connectivity index (χ0) is 12.3. The maximum absolute atomic E-state index is 11.3. The molecule has 0 aliphatic rings. The van der Waals surface area contributed by atoms with Gasteiger partial charge in [0.05, 0.1) is 19.5 Å². The molecule has 88 valence electrons. The van der Waals surface area contributed by atoms with Crippen molar-refractivity contribution < 1.29 is 9.53 Å². The molecule has 0 amide bonds. The Morgan fingerprint density at radius 2 is 2.29 bits per heavy atom. The lowest BCUT2D eigenvalue weighted by atomic mass is 10.4. The van der Waals surface area contributed by atoms with E-state index in [4.69, 9.17) is 0 Å². The predicted molar refractivity (Wildman–Crippen MR) is 59.9 cm³/mol. The van der Waals surface area contributed by atoms with Gasteiger partial charge in [0, 0.05) is 18.8 Å². The van der Waals surface area contributed by atoms with Crippen LogP contribution in [-0.4, -0.2) is 32.6 Å². The zero-order valence-corrected chi connectivity index (χ0v) is 9.62. The Hall–Kier alpha value is -2.24. The molecule has 0 aliphatic carbocycles. The molecule has 0 aliphatic heterocycles. The highest BCUT2D eigenvalue weighted by molar-refractivity contribution is 5.86. The third kappa shape index (κ3) is 2.15. The van der Waals surface area contributed by atoms with Gasteiger partial charge in [0.15, 0.2) is 11.5 Å². The fourth-order valence-electron chi connectivity index (χ4n) is 1.48. The van der Waals surface area contributed by atoms with Crippen LogP contribution in [0.15, 0.2) is 24.8 Å². The number of hydrogen-bond acceptors (Lipinski definition) is 5. The van der Waals surface area contributed by atoms with Crippen molar-refractivity contribution in [3.63, 3.8) is 0 Å². The van der Waals surface area contributed by atoms with Gasteiger partial charge in [-0.3, -0.25) is 9.55 Å². The monoisotopic (exact) mass is 232 g/mol. The maximum Gasteiger partial charge on any atom is 0.358 e. The van der Waals surface area contributed by atoms with Gasteiger partial charge in [-0.1, -0.05) is 6.92 Å². The fraction of sp³-hybridized carbons (Fsp3) is 0.273. The van der Waals surface area contributed by atoms with Crippen molar-refractivity contribution in [3.8, 4) is 5.82 Å². The number of carbonyl (C=O) groups is 1. The number of aromatic nitrogens is 4. The van der Waals surface area contributed by atoms with Crippen LogP contribution in [0.2, 0.25) is 0 Å². The molecule has 0 spiro atoms. The van der Waals surface area contributed by atoms with Gasteiger partial charge in [-0.2, -0.15) is 0 Å². The second kappa shape index (κ2) is 4.73. The van der Waals surface area contributed by atoms with Gasteiger partial charge in [0.2, 0.25) is 0 Å². The van der Waals surface area contributed by atoms with Gasteiger partial charge in [-0.05, 0) is 0 Å². The first-order valence-corrected chi connectivity index (χ1v) is 5.19. The molecular formula is C11H12N4O2. The molecule has 0 fully saturated rings. The number of methoxy groups -OCH3 is 1. The van der Waals surface area contributed by atoms with Gasteiger partial charge >= 0.3 is 5.97 Å². The summed E-state index contributed by atoms with van der Waals surface area (Å²) in [5.41, 5.74) is 0.181. The fourth-order valence-corrected chi connectivity index (χ4v) is 1.48. The summed E-state index contributed by atoms with van der Waals surface area (Å²) in [6.45, 7) is 2.00. The molecule has 0 saturated carbocycles. The van der Waals surface area contributed by atoms with E-state index in [-0.39, 0.29) is 5.69 Å². The van der Waals surface area contributed by atoms with Gasteiger partial charge in [-0.15, -0.1) is 0 Å². The van der Waals surface area contributed by atoms with Crippen molar-refractivity contribution in [3.05, 3.63) is 36.3 Å². The van der Waals surface area contributed by atoms with Crippen LogP contribution in [0.4, 0.5) is 0 Å². The van der Waals surface area contributed by atoms with Crippen molar-refractivity contribution in [1.29, 1.82) is 0 Å². The molecule has 17 heavy (non-hydrogen) atoms. The third-order valence-corrected chi connectivity index (χ3v) is 2.30. The Labute approximate surface area is 98.3 Å². The quantitative estimate of drug-likeness (QED) is 0.739. The van der Waals surface area contributed by atoms with Crippen LogP contribution in [-0.2, 0) is 11.2 Å². The topological polar surface area (TPSA) is 69.9 Å². The second-order valence-corrected chi connectivity index (χ2v) is 3.32. The zero-order valence-electron chi connectivity index (χ0n) is 9.62. The number of imidazole rings is 1. The van der Waals surface area contributed by atoms with E-state index in [0.717, 1.165) is 12.2 Å². The van der Waals surface area contributed by atoms with Crippen LogP contribution in [0.5, 0.6) is 0 Å². The van der Waals surface area contributed by atoms with E-state index >= 15 is 0 Å². The molecule has 0 unspecified atom stereocenters. The molecule has 6 heteroatoms. The van der Waals surface area contributed by atoms with E-state index in [2.05, 4.69) is 19.7 Å². The van der Waals surface area contributed by atoms with Crippen LogP contribution in [0.3, 0.4) is 0 Å². The van der Waals surface area contributed by atoms with Gasteiger partial charge in [0.1, 0.15) is 5.82 Å². The highest BCUT2D eigenvalue weighted by Gasteiger charge is 2.10. The predicted octanol–water partition coefficient (Wildman–Crippen LogP) is 1.01. The van der Waals surface area contributed by atoms with Gasteiger partial charge in [-0.25, -0.2) is 14.8 Å². The Morgan fingerprint density at radius 3 is 3.00 bits per heavy atom.